The standard InChI is InChI=1S/C11H12BrClN2O/c1-7(13)5-14-11(16)10-4-8(12)6-15(10)9-2-3-9/h4,6,9H,1-3,5H2,(H,14,16). The van der Waals surface area contributed by atoms with Crippen LogP contribution in [0.5, 0.6) is 0 Å². The van der Waals surface area contributed by atoms with E-state index in [2.05, 4.69) is 27.8 Å². The average molecular weight is 304 g/mol. The van der Waals surface area contributed by atoms with E-state index >= 15 is 0 Å². The SMILES string of the molecule is C=C(Cl)CNC(=O)c1cc(Br)cn1C1CC1. The van der Waals surface area contributed by atoms with Crippen molar-refractivity contribution in [2.24, 2.45) is 0 Å². The number of aromatic nitrogens is 1. The van der Waals surface area contributed by atoms with Crippen molar-refractivity contribution in [3.05, 3.63) is 34.0 Å². The van der Waals surface area contributed by atoms with Gasteiger partial charge in [-0.2, -0.15) is 0 Å². The zero-order valence-corrected chi connectivity index (χ0v) is 11.0. The summed E-state index contributed by atoms with van der Waals surface area (Å²) in [6.45, 7) is 3.83. The minimum atomic E-state index is -0.112. The summed E-state index contributed by atoms with van der Waals surface area (Å²) >= 11 is 8.99. The predicted molar refractivity (Wildman–Crippen MR) is 67.7 cm³/mol. The number of nitrogens with one attached hydrogen (secondary N) is 1. The van der Waals surface area contributed by atoms with Crippen LogP contribution in [-0.2, 0) is 0 Å². The van der Waals surface area contributed by atoms with Gasteiger partial charge in [0.2, 0.25) is 0 Å². The Kier molecular flexibility index (Phi) is 3.40. The molecule has 86 valence electrons. The van der Waals surface area contributed by atoms with Crippen LogP contribution in [0.4, 0.5) is 0 Å². The Morgan fingerprint density at radius 1 is 1.69 bits per heavy atom. The van der Waals surface area contributed by atoms with Crippen molar-refractivity contribution in [1.82, 2.24) is 9.88 Å². The molecule has 16 heavy (non-hydrogen) atoms. The fourth-order valence-electron chi connectivity index (χ4n) is 1.55. The third-order valence-corrected chi connectivity index (χ3v) is 3.00. The molecule has 1 amide bonds. The first-order valence-electron chi connectivity index (χ1n) is 5.07. The van der Waals surface area contributed by atoms with E-state index in [0.717, 1.165) is 17.3 Å². The van der Waals surface area contributed by atoms with Gasteiger partial charge in [0.25, 0.3) is 5.91 Å². The van der Waals surface area contributed by atoms with E-state index in [9.17, 15) is 4.79 Å². The Morgan fingerprint density at radius 2 is 2.38 bits per heavy atom. The molecule has 0 unspecified atom stereocenters. The lowest BCUT2D eigenvalue weighted by Gasteiger charge is -2.07. The highest BCUT2D eigenvalue weighted by atomic mass is 79.9. The largest absolute Gasteiger partial charge is 0.346 e. The van der Waals surface area contributed by atoms with E-state index in [0.29, 0.717) is 23.3 Å². The summed E-state index contributed by atoms with van der Waals surface area (Å²) in [4.78, 5) is 11.9. The number of hydrogen-bond acceptors (Lipinski definition) is 1. The second-order valence-corrected chi connectivity index (χ2v) is 5.33. The maximum Gasteiger partial charge on any atom is 0.268 e. The van der Waals surface area contributed by atoms with E-state index in [-0.39, 0.29) is 5.91 Å². The van der Waals surface area contributed by atoms with Crippen molar-refractivity contribution in [2.75, 3.05) is 6.54 Å². The van der Waals surface area contributed by atoms with Crippen LogP contribution >= 0.6 is 27.5 Å². The van der Waals surface area contributed by atoms with Crippen LogP contribution in [0, 0.1) is 0 Å². The van der Waals surface area contributed by atoms with E-state index in [1.54, 1.807) is 0 Å². The van der Waals surface area contributed by atoms with Crippen molar-refractivity contribution in [3.8, 4) is 0 Å². The highest BCUT2D eigenvalue weighted by Crippen LogP contribution is 2.37. The van der Waals surface area contributed by atoms with Gasteiger partial charge in [-0.3, -0.25) is 4.79 Å². The van der Waals surface area contributed by atoms with Gasteiger partial charge in [0.15, 0.2) is 0 Å². The summed E-state index contributed by atoms with van der Waals surface area (Å²) < 4.78 is 2.94. The summed E-state index contributed by atoms with van der Waals surface area (Å²) in [7, 11) is 0. The Balaban J connectivity index is 2.12. The molecule has 1 aromatic heterocycles. The Labute approximate surface area is 108 Å². The Bertz CT molecular complexity index is 437. The molecule has 0 atom stereocenters. The fourth-order valence-corrected chi connectivity index (χ4v) is 2.05. The molecule has 1 fully saturated rings. The van der Waals surface area contributed by atoms with E-state index in [1.165, 1.54) is 0 Å². The molecule has 1 N–H and O–H groups in total. The molecule has 1 aliphatic rings. The van der Waals surface area contributed by atoms with Crippen molar-refractivity contribution >= 4 is 33.4 Å². The van der Waals surface area contributed by atoms with Crippen molar-refractivity contribution < 1.29 is 4.79 Å². The maximum atomic E-state index is 11.9. The molecule has 0 radical (unpaired) electrons. The van der Waals surface area contributed by atoms with Gasteiger partial charge in [0.05, 0.1) is 6.54 Å². The number of carbonyl (C=O) groups is 1. The van der Waals surface area contributed by atoms with Crippen LogP contribution in [-0.4, -0.2) is 17.0 Å². The molecule has 0 aromatic carbocycles. The molecule has 1 aromatic rings. The van der Waals surface area contributed by atoms with Crippen LogP contribution < -0.4 is 5.32 Å². The minimum Gasteiger partial charge on any atom is -0.346 e. The number of hydrogen-bond donors (Lipinski definition) is 1. The van der Waals surface area contributed by atoms with Gasteiger partial charge in [-0.1, -0.05) is 18.2 Å². The third-order valence-electron chi connectivity index (χ3n) is 2.43. The number of rotatable bonds is 4. The molecular weight excluding hydrogens is 291 g/mol. The molecule has 3 nitrogen and oxygen atoms in total. The molecule has 0 aliphatic heterocycles. The lowest BCUT2D eigenvalue weighted by Crippen LogP contribution is -2.26. The van der Waals surface area contributed by atoms with Gasteiger partial charge >= 0.3 is 0 Å². The van der Waals surface area contributed by atoms with Crippen molar-refractivity contribution in [3.63, 3.8) is 0 Å². The second kappa shape index (κ2) is 4.63. The summed E-state index contributed by atoms with van der Waals surface area (Å²) in [5.74, 6) is -0.112. The molecule has 2 rings (SSSR count). The van der Waals surface area contributed by atoms with Gasteiger partial charge in [-0.05, 0) is 34.8 Å². The van der Waals surface area contributed by atoms with Crippen LogP contribution in [0.1, 0.15) is 29.4 Å². The zero-order valence-electron chi connectivity index (χ0n) is 8.67. The molecule has 0 spiro atoms. The molecule has 5 heteroatoms. The summed E-state index contributed by atoms with van der Waals surface area (Å²) in [5, 5.41) is 3.15. The van der Waals surface area contributed by atoms with Crippen molar-refractivity contribution in [1.29, 1.82) is 0 Å². The topological polar surface area (TPSA) is 34.0 Å². The summed E-state index contributed by atoms with van der Waals surface area (Å²) in [6.07, 6.45) is 4.23. The van der Waals surface area contributed by atoms with Crippen LogP contribution in [0.3, 0.4) is 0 Å². The minimum absolute atomic E-state index is 0.112. The number of amides is 1. The quantitative estimate of drug-likeness (QED) is 0.911. The first-order chi connectivity index (χ1) is 7.58. The lowest BCUT2D eigenvalue weighted by molar-refractivity contribution is 0.0948. The number of carbonyl (C=O) groups excluding carboxylic acids is 1. The van der Waals surface area contributed by atoms with E-state index in [4.69, 9.17) is 11.6 Å². The lowest BCUT2D eigenvalue weighted by atomic mass is 10.4. The Hall–Kier alpha value is -0.740. The van der Waals surface area contributed by atoms with Gasteiger partial charge in [0.1, 0.15) is 5.69 Å². The monoisotopic (exact) mass is 302 g/mol. The number of nitrogens with zero attached hydrogens (tertiary/aromatic N) is 1. The van der Waals surface area contributed by atoms with Crippen molar-refractivity contribution in [2.45, 2.75) is 18.9 Å². The zero-order chi connectivity index (χ0) is 11.7. The summed E-state index contributed by atoms with van der Waals surface area (Å²) in [6, 6.07) is 2.30. The van der Waals surface area contributed by atoms with Gasteiger partial charge < -0.3 is 9.88 Å². The van der Waals surface area contributed by atoms with E-state index < -0.39 is 0 Å². The third kappa shape index (κ3) is 2.68. The van der Waals surface area contributed by atoms with Gasteiger partial charge in [0, 0.05) is 21.7 Å². The van der Waals surface area contributed by atoms with Crippen LogP contribution in [0.15, 0.2) is 28.3 Å². The van der Waals surface area contributed by atoms with Gasteiger partial charge in [-0.25, -0.2) is 0 Å². The average Bonchev–Trinajstić information content (AvgIpc) is 2.98. The van der Waals surface area contributed by atoms with E-state index in [1.807, 2.05) is 16.8 Å². The number of halogens is 2. The highest BCUT2D eigenvalue weighted by Gasteiger charge is 2.27. The van der Waals surface area contributed by atoms with Crippen LogP contribution in [0.2, 0.25) is 0 Å². The smallest absolute Gasteiger partial charge is 0.268 e. The van der Waals surface area contributed by atoms with Crippen LogP contribution in [0.25, 0.3) is 0 Å². The normalized spacial score (nSPS) is 14.9. The fraction of sp³-hybridized carbons (Fsp3) is 0.364. The second-order valence-electron chi connectivity index (χ2n) is 3.88. The molecule has 1 aliphatic carbocycles. The first kappa shape index (κ1) is 11.7. The molecular formula is C11H12BrClN2O. The highest BCUT2D eigenvalue weighted by molar-refractivity contribution is 9.10. The van der Waals surface area contributed by atoms with Gasteiger partial charge in [-0.15, -0.1) is 0 Å². The molecule has 0 saturated heterocycles. The molecule has 1 saturated carbocycles. The molecule has 0 bridgehead atoms. The maximum absolute atomic E-state index is 11.9. The predicted octanol–water partition coefficient (Wildman–Crippen LogP) is 3.07. The Morgan fingerprint density at radius 3 is 2.94 bits per heavy atom. The molecule has 1 heterocycles. The summed E-state index contributed by atoms with van der Waals surface area (Å²) in [5.41, 5.74) is 0.673. The first-order valence-corrected chi connectivity index (χ1v) is 6.24.